The first-order valence-corrected chi connectivity index (χ1v) is 6.63. The Morgan fingerprint density at radius 3 is 2.39 bits per heavy atom. The van der Waals surface area contributed by atoms with E-state index in [1.807, 2.05) is 38.4 Å². The lowest BCUT2D eigenvalue weighted by molar-refractivity contribution is 0.676. The van der Waals surface area contributed by atoms with E-state index in [0.717, 1.165) is 18.7 Å². The van der Waals surface area contributed by atoms with Gasteiger partial charge in [-0.25, -0.2) is 4.99 Å². The Morgan fingerprint density at radius 2 is 1.78 bits per heavy atom. The zero-order valence-corrected chi connectivity index (χ0v) is 11.7. The largest absolute Gasteiger partial charge is 0.378 e. The number of anilines is 1. The molecule has 0 aliphatic heterocycles. The molecule has 1 aromatic rings. The topological polar surface area (TPSA) is 28.0 Å². The molecule has 0 aromatic heterocycles. The van der Waals surface area contributed by atoms with E-state index >= 15 is 0 Å². The third-order valence-corrected chi connectivity index (χ3v) is 2.74. The van der Waals surface area contributed by atoms with E-state index in [1.54, 1.807) is 0 Å². The van der Waals surface area contributed by atoms with Crippen LogP contribution in [-0.4, -0.2) is 26.6 Å². The highest BCUT2D eigenvalue weighted by Gasteiger charge is 1.93. The monoisotopic (exact) mass is 245 g/mol. The number of nitrogens with zero attached hydrogens (tertiary/aromatic N) is 3. The fourth-order valence-electron chi connectivity index (χ4n) is 1.59. The molecule has 18 heavy (non-hydrogen) atoms. The SMILES string of the molecule is CCCCCCN=C=Nc1ccc(N(C)C)cc1. The van der Waals surface area contributed by atoms with Gasteiger partial charge in [-0.2, -0.15) is 4.99 Å². The zero-order valence-electron chi connectivity index (χ0n) is 11.7. The molecule has 1 aromatic carbocycles. The number of hydrogen-bond acceptors (Lipinski definition) is 3. The highest BCUT2D eigenvalue weighted by molar-refractivity contribution is 5.56. The number of unbranched alkanes of at least 4 members (excludes halogenated alkanes) is 3. The van der Waals surface area contributed by atoms with Gasteiger partial charge in [0.15, 0.2) is 0 Å². The predicted octanol–water partition coefficient (Wildman–Crippen LogP) is 4.14. The van der Waals surface area contributed by atoms with Crippen LogP contribution in [0, 0.1) is 0 Å². The first-order valence-electron chi connectivity index (χ1n) is 6.63. The molecule has 0 radical (unpaired) electrons. The van der Waals surface area contributed by atoms with Crippen LogP contribution in [0.1, 0.15) is 32.6 Å². The molecule has 0 N–H and O–H groups in total. The Balaban J connectivity index is 2.39. The minimum absolute atomic E-state index is 0.833. The minimum Gasteiger partial charge on any atom is -0.378 e. The molecule has 0 unspecified atom stereocenters. The molecule has 0 atom stereocenters. The molecular formula is C15H23N3. The summed E-state index contributed by atoms with van der Waals surface area (Å²) in [6.07, 6.45) is 4.93. The summed E-state index contributed by atoms with van der Waals surface area (Å²) in [5.74, 6) is 0. The maximum absolute atomic E-state index is 4.19. The molecular weight excluding hydrogens is 222 g/mol. The fourth-order valence-corrected chi connectivity index (χ4v) is 1.59. The van der Waals surface area contributed by atoms with Crippen LogP contribution in [0.4, 0.5) is 11.4 Å². The van der Waals surface area contributed by atoms with Gasteiger partial charge in [0.05, 0.1) is 11.7 Å². The van der Waals surface area contributed by atoms with Gasteiger partial charge in [-0.3, -0.25) is 0 Å². The van der Waals surface area contributed by atoms with E-state index in [4.69, 9.17) is 0 Å². The molecule has 0 bridgehead atoms. The van der Waals surface area contributed by atoms with Crippen LogP contribution in [0.25, 0.3) is 0 Å². The Bertz CT molecular complexity index is 387. The van der Waals surface area contributed by atoms with E-state index in [9.17, 15) is 0 Å². The first kappa shape index (κ1) is 14.5. The van der Waals surface area contributed by atoms with Gasteiger partial charge >= 0.3 is 0 Å². The highest BCUT2D eigenvalue weighted by atomic mass is 15.1. The van der Waals surface area contributed by atoms with Gasteiger partial charge in [0.1, 0.15) is 0 Å². The van der Waals surface area contributed by atoms with Crippen molar-refractivity contribution in [3.8, 4) is 0 Å². The first-order chi connectivity index (χ1) is 8.74. The van der Waals surface area contributed by atoms with Crippen molar-refractivity contribution >= 4 is 17.4 Å². The van der Waals surface area contributed by atoms with Gasteiger partial charge in [0, 0.05) is 26.3 Å². The minimum atomic E-state index is 0.833. The van der Waals surface area contributed by atoms with Crippen LogP contribution in [0.3, 0.4) is 0 Å². The van der Waals surface area contributed by atoms with Crippen molar-refractivity contribution in [2.75, 3.05) is 25.5 Å². The lowest BCUT2D eigenvalue weighted by Gasteiger charge is -2.11. The maximum atomic E-state index is 4.19. The molecule has 0 aliphatic rings. The third kappa shape index (κ3) is 5.65. The van der Waals surface area contributed by atoms with E-state index in [0.29, 0.717) is 0 Å². The smallest absolute Gasteiger partial charge is 0.0948 e. The van der Waals surface area contributed by atoms with Crippen molar-refractivity contribution in [2.24, 2.45) is 9.98 Å². The lowest BCUT2D eigenvalue weighted by Crippen LogP contribution is -2.07. The highest BCUT2D eigenvalue weighted by Crippen LogP contribution is 2.17. The van der Waals surface area contributed by atoms with Crippen LogP contribution in [0.15, 0.2) is 34.3 Å². The summed E-state index contributed by atoms with van der Waals surface area (Å²) >= 11 is 0. The molecule has 1 rings (SSSR count). The molecule has 0 aliphatic carbocycles. The van der Waals surface area contributed by atoms with Crippen molar-refractivity contribution in [3.05, 3.63) is 24.3 Å². The maximum Gasteiger partial charge on any atom is 0.0948 e. The van der Waals surface area contributed by atoms with Crippen molar-refractivity contribution < 1.29 is 0 Å². The number of hydrogen-bond donors (Lipinski definition) is 0. The molecule has 0 amide bonds. The predicted molar refractivity (Wildman–Crippen MR) is 79.3 cm³/mol. The second-order valence-corrected chi connectivity index (χ2v) is 4.57. The summed E-state index contributed by atoms with van der Waals surface area (Å²) in [5, 5.41) is 0. The Morgan fingerprint density at radius 1 is 1.06 bits per heavy atom. The summed E-state index contributed by atoms with van der Waals surface area (Å²) in [4.78, 5) is 10.4. The fraction of sp³-hybridized carbons (Fsp3) is 0.533. The van der Waals surface area contributed by atoms with Crippen LogP contribution in [0.2, 0.25) is 0 Å². The molecule has 0 spiro atoms. The van der Waals surface area contributed by atoms with Crippen LogP contribution in [0.5, 0.6) is 0 Å². The molecule has 98 valence electrons. The number of aliphatic imine (C=N–C) groups is 2. The van der Waals surface area contributed by atoms with Crippen molar-refractivity contribution in [2.45, 2.75) is 32.6 Å². The summed E-state index contributed by atoms with van der Waals surface area (Å²) in [7, 11) is 4.05. The molecule has 0 heterocycles. The molecule has 3 nitrogen and oxygen atoms in total. The average molecular weight is 245 g/mol. The zero-order chi connectivity index (χ0) is 13.2. The average Bonchev–Trinajstić information content (AvgIpc) is 2.38. The summed E-state index contributed by atoms with van der Waals surface area (Å²) < 4.78 is 0. The second kappa shape index (κ2) is 8.48. The quantitative estimate of drug-likeness (QED) is 0.524. The summed E-state index contributed by atoms with van der Waals surface area (Å²) in [5.41, 5.74) is 2.07. The van der Waals surface area contributed by atoms with Crippen LogP contribution in [-0.2, 0) is 0 Å². The van der Waals surface area contributed by atoms with E-state index < -0.39 is 0 Å². The Hall–Kier alpha value is -1.60. The van der Waals surface area contributed by atoms with Crippen molar-refractivity contribution in [1.82, 2.24) is 0 Å². The molecule has 0 saturated heterocycles. The van der Waals surface area contributed by atoms with Gasteiger partial charge in [0.25, 0.3) is 0 Å². The number of benzene rings is 1. The van der Waals surface area contributed by atoms with E-state index in [2.05, 4.69) is 27.8 Å². The summed E-state index contributed by atoms with van der Waals surface area (Å²) in [6, 6.07) is 10.8. The van der Waals surface area contributed by atoms with Gasteiger partial charge < -0.3 is 4.90 Å². The Labute approximate surface area is 110 Å². The molecule has 0 fully saturated rings. The molecule has 3 heteroatoms. The molecule has 0 saturated carbocycles. The number of rotatable bonds is 7. The van der Waals surface area contributed by atoms with Gasteiger partial charge in [-0.05, 0) is 30.7 Å². The Kier molecular flexibility index (Phi) is 6.82. The van der Waals surface area contributed by atoms with Crippen molar-refractivity contribution in [3.63, 3.8) is 0 Å². The van der Waals surface area contributed by atoms with E-state index in [-0.39, 0.29) is 0 Å². The van der Waals surface area contributed by atoms with E-state index in [1.165, 1.54) is 24.9 Å². The van der Waals surface area contributed by atoms with Crippen LogP contribution < -0.4 is 4.90 Å². The standard InChI is InChI=1S/C15H23N3/c1-4-5-6-7-12-16-13-17-14-8-10-15(11-9-14)18(2)3/h8-11H,4-7,12H2,1-3H3. The third-order valence-electron chi connectivity index (χ3n) is 2.74. The normalized spacial score (nSPS) is 9.72. The van der Waals surface area contributed by atoms with Crippen LogP contribution >= 0.6 is 0 Å². The van der Waals surface area contributed by atoms with Gasteiger partial charge in [0.2, 0.25) is 0 Å². The second-order valence-electron chi connectivity index (χ2n) is 4.57. The van der Waals surface area contributed by atoms with Gasteiger partial charge in [-0.15, -0.1) is 0 Å². The summed E-state index contributed by atoms with van der Waals surface area (Å²) in [6.45, 7) is 3.04. The lowest BCUT2D eigenvalue weighted by atomic mass is 10.2. The van der Waals surface area contributed by atoms with Crippen molar-refractivity contribution in [1.29, 1.82) is 0 Å². The van der Waals surface area contributed by atoms with Gasteiger partial charge in [-0.1, -0.05) is 26.2 Å².